The Morgan fingerprint density at radius 1 is 1.44 bits per heavy atom. The van der Waals surface area contributed by atoms with Crippen molar-refractivity contribution in [1.29, 1.82) is 0 Å². The van der Waals surface area contributed by atoms with Crippen molar-refractivity contribution in [3.8, 4) is 0 Å². The molecular formula is C14H20N2OS. The minimum absolute atomic E-state index is 0.0529. The summed E-state index contributed by atoms with van der Waals surface area (Å²) in [5, 5.41) is 2.85. The maximum atomic E-state index is 10.8. The topological polar surface area (TPSA) is 32.3 Å². The van der Waals surface area contributed by atoms with E-state index in [-0.39, 0.29) is 5.91 Å². The van der Waals surface area contributed by atoms with Gasteiger partial charge in [-0.3, -0.25) is 9.69 Å². The van der Waals surface area contributed by atoms with Crippen molar-refractivity contribution in [2.45, 2.75) is 24.8 Å². The van der Waals surface area contributed by atoms with Crippen molar-refractivity contribution in [1.82, 2.24) is 10.2 Å². The summed E-state index contributed by atoms with van der Waals surface area (Å²) in [6, 6.07) is 6.76. The van der Waals surface area contributed by atoms with E-state index in [0.29, 0.717) is 0 Å². The molecule has 3 nitrogen and oxygen atoms in total. The van der Waals surface area contributed by atoms with Gasteiger partial charge in [-0.15, -0.1) is 11.8 Å². The summed E-state index contributed by atoms with van der Waals surface area (Å²) in [5.74, 6) is 0.0529. The van der Waals surface area contributed by atoms with Crippen LogP contribution in [0.25, 0.3) is 0 Å². The molecule has 2 rings (SSSR count). The number of rotatable bonds is 4. The maximum Gasteiger partial charge on any atom is 0.216 e. The first-order valence-electron chi connectivity index (χ1n) is 6.31. The zero-order valence-electron chi connectivity index (χ0n) is 11.0. The highest BCUT2D eigenvalue weighted by molar-refractivity contribution is 7.98. The molecule has 0 aliphatic carbocycles. The van der Waals surface area contributed by atoms with Crippen LogP contribution in [0.4, 0.5) is 0 Å². The van der Waals surface area contributed by atoms with Gasteiger partial charge in [0.2, 0.25) is 5.91 Å². The number of nitrogens with one attached hydrogen (secondary N) is 1. The Morgan fingerprint density at radius 3 is 3.00 bits per heavy atom. The lowest BCUT2D eigenvalue weighted by Gasteiger charge is -2.29. The van der Waals surface area contributed by atoms with E-state index in [2.05, 4.69) is 34.7 Å². The van der Waals surface area contributed by atoms with Crippen molar-refractivity contribution < 1.29 is 4.79 Å². The Labute approximate surface area is 113 Å². The van der Waals surface area contributed by atoms with Crippen LogP contribution < -0.4 is 5.32 Å². The third-order valence-electron chi connectivity index (χ3n) is 3.31. The molecule has 0 atom stereocenters. The number of hydrogen-bond donors (Lipinski definition) is 1. The van der Waals surface area contributed by atoms with E-state index in [4.69, 9.17) is 0 Å². The minimum atomic E-state index is 0.0529. The number of thioether (sulfide) groups is 1. The molecule has 0 saturated heterocycles. The number of amides is 1. The van der Waals surface area contributed by atoms with E-state index in [9.17, 15) is 4.79 Å². The second-order valence-electron chi connectivity index (χ2n) is 4.64. The number of benzene rings is 1. The van der Waals surface area contributed by atoms with Gasteiger partial charge >= 0.3 is 0 Å². The average molecular weight is 264 g/mol. The summed E-state index contributed by atoms with van der Waals surface area (Å²) < 4.78 is 0. The fraction of sp³-hybridized carbons (Fsp3) is 0.500. The lowest BCUT2D eigenvalue weighted by molar-refractivity contribution is -0.119. The van der Waals surface area contributed by atoms with Gasteiger partial charge in [-0.05, 0) is 35.9 Å². The second kappa shape index (κ2) is 6.25. The molecule has 0 spiro atoms. The van der Waals surface area contributed by atoms with Crippen LogP contribution in [0.2, 0.25) is 0 Å². The lowest BCUT2D eigenvalue weighted by Crippen LogP contribution is -2.37. The molecule has 1 aromatic carbocycles. The van der Waals surface area contributed by atoms with E-state index in [0.717, 1.165) is 32.6 Å². The summed E-state index contributed by atoms with van der Waals surface area (Å²) in [6.07, 6.45) is 3.23. The Kier molecular flexibility index (Phi) is 4.66. The zero-order valence-corrected chi connectivity index (χ0v) is 11.8. The molecule has 1 aromatic rings. The normalized spacial score (nSPS) is 15.2. The molecule has 18 heavy (non-hydrogen) atoms. The molecule has 0 unspecified atom stereocenters. The predicted molar refractivity (Wildman–Crippen MR) is 75.9 cm³/mol. The molecule has 1 heterocycles. The van der Waals surface area contributed by atoms with Crippen molar-refractivity contribution in [2.75, 3.05) is 25.9 Å². The SMILES string of the molecule is CSc1ccc2c(c1)CN(CCNC(C)=O)CC2. The first-order valence-corrected chi connectivity index (χ1v) is 7.54. The lowest BCUT2D eigenvalue weighted by atomic mass is 10.00. The van der Waals surface area contributed by atoms with E-state index in [1.165, 1.54) is 16.0 Å². The Morgan fingerprint density at radius 2 is 2.28 bits per heavy atom. The Hall–Kier alpha value is -1.00. The maximum absolute atomic E-state index is 10.8. The van der Waals surface area contributed by atoms with Crippen molar-refractivity contribution in [3.63, 3.8) is 0 Å². The fourth-order valence-corrected chi connectivity index (χ4v) is 2.76. The van der Waals surface area contributed by atoms with Gasteiger partial charge in [0, 0.05) is 38.0 Å². The summed E-state index contributed by atoms with van der Waals surface area (Å²) in [7, 11) is 0. The quantitative estimate of drug-likeness (QED) is 0.843. The van der Waals surface area contributed by atoms with Crippen molar-refractivity contribution in [3.05, 3.63) is 29.3 Å². The monoisotopic (exact) mass is 264 g/mol. The van der Waals surface area contributed by atoms with Crippen LogP contribution in [-0.4, -0.2) is 36.7 Å². The largest absolute Gasteiger partial charge is 0.355 e. The highest BCUT2D eigenvalue weighted by Crippen LogP contribution is 2.24. The number of hydrogen-bond acceptors (Lipinski definition) is 3. The van der Waals surface area contributed by atoms with Gasteiger partial charge in [0.15, 0.2) is 0 Å². The number of carbonyl (C=O) groups is 1. The van der Waals surface area contributed by atoms with Gasteiger partial charge in [0.1, 0.15) is 0 Å². The standard InChI is InChI=1S/C14H20N2OS/c1-11(17)15-6-8-16-7-5-12-3-4-14(18-2)9-13(12)10-16/h3-4,9H,5-8,10H2,1-2H3,(H,15,17). The van der Waals surface area contributed by atoms with Gasteiger partial charge < -0.3 is 5.32 Å². The Bertz CT molecular complexity index is 434. The number of carbonyl (C=O) groups excluding carboxylic acids is 1. The van der Waals surface area contributed by atoms with Crippen molar-refractivity contribution in [2.24, 2.45) is 0 Å². The van der Waals surface area contributed by atoms with Gasteiger partial charge in [-0.25, -0.2) is 0 Å². The molecule has 1 N–H and O–H groups in total. The van der Waals surface area contributed by atoms with Gasteiger partial charge in [0.05, 0.1) is 0 Å². The second-order valence-corrected chi connectivity index (χ2v) is 5.52. The summed E-state index contributed by atoms with van der Waals surface area (Å²) in [5.41, 5.74) is 2.92. The molecule has 0 aromatic heterocycles. The fourth-order valence-electron chi connectivity index (χ4n) is 2.30. The molecule has 1 amide bonds. The van der Waals surface area contributed by atoms with Crippen LogP contribution in [0.3, 0.4) is 0 Å². The molecule has 0 fully saturated rings. The smallest absolute Gasteiger partial charge is 0.216 e. The predicted octanol–water partition coefficient (Wildman–Crippen LogP) is 1.90. The summed E-state index contributed by atoms with van der Waals surface area (Å²) in [4.78, 5) is 14.6. The summed E-state index contributed by atoms with van der Waals surface area (Å²) >= 11 is 1.79. The molecule has 98 valence electrons. The highest BCUT2D eigenvalue weighted by atomic mass is 32.2. The molecule has 0 bridgehead atoms. The van der Waals surface area contributed by atoms with Crippen molar-refractivity contribution >= 4 is 17.7 Å². The van der Waals surface area contributed by atoms with Gasteiger partial charge in [-0.1, -0.05) is 6.07 Å². The highest BCUT2D eigenvalue weighted by Gasteiger charge is 2.15. The van der Waals surface area contributed by atoms with Gasteiger partial charge in [0.25, 0.3) is 0 Å². The van der Waals surface area contributed by atoms with Crippen LogP contribution in [0.5, 0.6) is 0 Å². The molecule has 4 heteroatoms. The van der Waals surface area contributed by atoms with Crippen LogP contribution in [0, 0.1) is 0 Å². The number of fused-ring (bicyclic) bond motifs is 1. The summed E-state index contributed by atoms with van der Waals surface area (Å²) in [6.45, 7) is 5.33. The minimum Gasteiger partial charge on any atom is -0.355 e. The molecule has 1 aliphatic rings. The third-order valence-corrected chi connectivity index (χ3v) is 4.03. The van der Waals surface area contributed by atoms with E-state index in [1.807, 2.05) is 0 Å². The third kappa shape index (κ3) is 3.50. The van der Waals surface area contributed by atoms with Gasteiger partial charge in [-0.2, -0.15) is 0 Å². The molecule has 1 aliphatic heterocycles. The van der Waals surface area contributed by atoms with E-state index >= 15 is 0 Å². The van der Waals surface area contributed by atoms with Crippen LogP contribution >= 0.6 is 11.8 Å². The average Bonchev–Trinajstić information content (AvgIpc) is 2.37. The molecular weight excluding hydrogens is 244 g/mol. The zero-order chi connectivity index (χ0) is 13.0. The Balaban J connectivity index is 1.93. The first kappa shape index (κ1) is 13.4. The molecule has 0 radical (unpaired) electrons. The van der Waals surface area contributed by atoms with E-state index in [1.54, 1.807) is 18.7 Å². The van der Waals surface area contributed by atoms with Crippen LogP contribution in [0.1, 0.15) is 18.1 Å². The van der Waals surface area contributed by atoms with Crippen LogP contribution in [0.15, 0.2) is 23.1 Å². The van der Waals surface area contributed by atoms with Crippen LogP contribution in [-0.2, 0) is 17.8 Å². The number of nitrogens with zero attached hydrogens (tertiary/aromatic N) is 1. The van der Waals surface area contributed by atoms with E-state index < -0.39 is 0 Å². The first-order chi connectivity index (χ1) is 8.69. The molecule has 0 saturated carbocycles.